The molecule has 0 radical (unpaired) electrons. The molecule has 0 spiro atoms. The Morgan fingerprint density at radius 3 is 2.94 bits per heavy atom. The Morgan fingerprint density at radius 1 is 1.28 bits per heavy atom. The molecule has 1 amide bonds. The first-order valence-corrected chi connectivity index (χ1v) is 7.24. The fourth-order valence-electron chi connectivity index (χ4n) is 1.62. The van der Waals surface area contributed by atoms with Crippen molar-refractivity contribution in [1.29, 1.82) is 0 Å². The van der Waals surface area contributed by atoms with E-state index in [0.717, 1.165) is 15.8 Å². The van der Waals surface area contributed by atoms with Gasteiger partial charge in [0.15, 0.2) is 5.01 Å². The van der Waals surface area contributed by atoms with Crippen LogP contribution in [0, 0.1) is 0 Å². The number of aromatic nitrogens is 1. The van der Waals surface area contributed by atoms with E-state index >= 15 is 0 Å². The SMILES string of the molecule is O=C(NCc1ccsc1)c1nc2ccccc2s1. The van der Waals surface area contributed by atoms with Crippen molar-refractivity contribution in [2.75, 3.05) is 0 Å². The zero-order valence-corrected chi connectivity index (χ0v) is 11.1. The number of fused-ring (bicyclic) bond motifs is 1. The maximum Gasteiger partial charge on any atom is 0.280 e. The largest absolute Gasteiger partial charge is 0.346 e. The Morgan fingerprint density at radius 2 is 2.17 bits per heavy atom. The van der Waals surface area contributed by atoms with E-state index in [4.69, 9.17) is 0 Å². The van der Waals surface area contributed by atoms with Crippen LogP contribution in [-0.4, -0.2) is 10.9 Å². The van der Waals surface area contributed by atoms with Crippen molar-refractivity contribution < 1.29 is 4.79 Å². The Bertz CT molecular complexity index is 640. The number of para-hydroxylation sites is 1. The summed E-state index contributed by atoms with van der Waals surface area (Å²) in [6, 6.07) is 9.77. The molecule has 0 saturated carbocycles. The first-order valence-electron chi connectivity index (χ1n) is 5.48. The first kappa shape index (κ1) is 11.4. The van der Waals surface area contributed by atoms with Crippen molar-refractivity contribution in [3.63, 3.8) is 0 Å². The molecule has 1 aromatic carbocycles. The summed E-state index contributed by atoms with van der Waals surface area (Å²) in [4.78, 5) is 16.3. The molecule has 0 aliphatic carbocycles. The van der Waals surface area contributed by atoms with Crippen LogP contribution in [0.1, 0.15) is 15.4 Å². The van der Waals surface area contributed by atoms with Crippen LogP contribution in [0.3, 0.4) is 0 Å². The van der Waals surface area contributed by atoms with Crippen molar-refractivity contribution in [2.24, 2.45) is 0 Å². The second-order valence-corrected chi connectivity index (χ2v) is 5.61. The van der Waals surface area contributed by atoms with Gasteiger partial charge in [0.05, 0.1) is 10.2 Å². The summed E-state index contributed by atoms with van der Waals surface area (Å²) < 4.78 is 1.04. The molecular formula is C13H10N2OS2. The summed E-state index contributed by atoms with van der Waals surface area (Å²) in [6.07, 6.45) is 0. The zero-order chi connectivity index (χ0) is 12.4. The number of nitrogens with one attached hydrogen (secondary N) is 1. The summed E-state index contributed by atoms with van der Waals surface area (Å²) in [5.74, 6) is -0.109. The molecule has 0 atom stereocenters. The van der Waals surface area contributed by atoms with E-state index < -0.39 is 0 Å². The third kappa shape index (κ3) is 2.27. The number of hydrogen-bond donors (Lipinski definition) is 1. The predicted molar refractivity (Wildman–Crippen MR) is 75.1 cm³/mol. The van der Waals surface area contributed by atoms with Gasteiger partial charge in [-0.25, -0.2) is 4.98 Å². The third-order valence-corrected chi connectivity index (χ3v) is 4.29. The minimum Gasteiger partial charge on any atom is -0.346 e. The first-order chi connectivity index (χ1) is 8.83. The van der Waals surface area contributed by atoms with Crippen molar-refractivity contribution in [3.8, 4) is 0 Å². The lowest BCUT2D eigenvalue weighted by Gasteiger charge is -1.99. The van der Waals surface area contributed by atoms with E-state index in [9.17, 15) is 4.79 Å². The molecule has 0 unspecified atom stereocenters. The third-order valence-electron chi connectivity index (χ3n) is 2.52. The van der Waals surface area contributed by atoms with Gasteiger partial charge in [-0.2, -0.15) is 11.3 Å². The molecule has 3 nitrogen and oxygen atoms in total. The minimum absolute atomic E-state index is 0.109. The molecule has 0 aliphatic heterocycles. The maximum absolute atomic E-state index is 11.9. The van der Waals surface area contributed by atoms with Crippen LogP contribution >= 0.6 is 22.7 Å². The number of benzene rings is 1. The lowest BCUT2D eigenvalue weighted by Crippen LogP contribution is -2.22. The highest BCUT2D eigenvalue weighted by molar-refractivity contribution is 7.20. The van der Waals surface area contributed by atoms with Crippen LogP contribution < -0.4 is 5.32 Å². The van der Waals surface area contributed by atoms with Gasteiger partial charge in [0, 0.05) is 6.54 Å². The van der Waals surface area contributed by atoms with Crippen molar-refractivity contribution in [2.45, 2.75) is 6.54 Å². The van der Waals surface area contributed by atoms with E-state index in [0.29, 0.717) is 11.6 Å². The van der Waals surface area contributed by atoms with Crippen LogP contribution in [0.15, 0.2) is 41.1 Å². The van der Waals surface area contributed by atoms with Crippen LogP contribution in [0.25, 0.3) is 10.2 Å². The molecule has 18 heavy (non-hydrogen) atoms. The molecule has 90 valence electrons. The number of thiazole rings is 1. The number of rotatable bonds is 3. The van der Waals surface area contributed by atoms with Crippen molar-refractivity contribution >= 4 is 38.8 Å². The van der Waals surface area contributed by atoms with Crippen LogP contribution in [-0.2, 0) is 6.54 Å². The van der Waals surface area contributed by atoms with Gasteiger partial charge in [0.2, 0.25) is 0 Å². The molecule has 2 heterocycles. The number of thiophene rings is 1. The Labute approximate surface area is 112 Å². The molecule has 1 N–H and O–H groups in total. The normalized spacial score (nSPS) is 10.7. The van der Waals surface area contributed by atoms with E-state index in [1.54, 1.807) is 11.3 Å². The second-order valence-electron chi connectivity index (χ2n) is 3.80. The molecule has 2 aromatic heterocycles. The Kier molecular flexibility index (Phi) is 3.08. The van der Waals surface area contributed by atoms with Crippen LogP contribution in [0.5, 0.6) is 0 Å². The van der Waals surface area contributed by atoms with Crippen molar-refractivity contribution in [3.05, 3.63) is 51.7 Å². The highest BCUT2D eigenvalue weighted by Crippen LogP contribution is 2.21. The fraction of sp³-hybridized carbons (Fsp3) is 0.0769. The average Bonchev–Trinajstić information content (AvgIpc) is 3.04. The van der Waals surface area contributed by atoms with Crippen molar-refractivity contribution in [1.82, 2.24) is 10.3 Å². The molecule has 0 saturated heterocycles. The van der Waals surface area contributed by atoms with Gasteiger partial charge in [0.1, 0.15) is 0 Å². The quantitative estimate of drug-likeness (QED) is 0.796. The molecular weight excluding hydrogens is 264 g/mol. The van der Waals surface area contributed by atoms with E-state index in [1.807, 2.05) is 41.1 Å². The van der Waals surface area contributed by atoms with Gasteiger partial charge < -0.3 is 5.32 Å². The summed E-state index contributed by atoms with van der Waals surface area (Å²) in [5.41, 5.74) is 2.00. The van der Waals surface area contributed by atoms with Gasteiger partial charge in [-0.15, -0.1) is 11.3 Å². The molecule has 3 aromatic rings. The predicted octanol–water partition coefficient (Wildman–Crippen LogP) is 3.29. The standard InChI is InChI=1S/C13H10N2OS2/c16-12(14-7-9-5-6-17-8-9)13-15-10-3-1-2-4-11(10)18-13/h1-6,8H,7H2,(H,14,16). The monoisotopic (exact) mass is 274 g/mol. The Hall–Kier alpha value is -1.72. The summed E-state index contributed by atoms with van der Waals surface area (Å²) >= 11 is 3.05. The number of nitrogens with zero attached hydrogens (tertiary/aromatic N) is 1. The number of carbonyl (C=O) groups is 1. The van der Waals surface area contributed by atoms with E-state index in [2.05, 4.69) is 10.3 Å². The number of hydrogen-bond acceptors (Lipinski definition) is 4. The highest BCUT2D eigenvalue weighted by atomic mass is 32.1. The average molecular weight is 274 g/mol. The second kappa shape index (κ2) is 4.88. The lowest BCUT2D eigenvalue weighted by molar-refractivity contribution is 0.0951. The van der Waals surface area contributed by atoms with Crippen LogP contribution in [0.2, 0.25) is 0 Å². The van der Waals surface area contributed by atoms with Gasteiger partial charge in [-0.1, -0.05) is 12.1 Å². The molecule has 3 rings (SSSR count). The number of carbonyl (C=O) groups excluding carboxylic acids is 1. The van der Waals surface area contributed by atoms with Gasteiger partial charge in [-0.05, 0) is 34.5 Å². The summed E-state index contributed by atoms with van der Waals surface area (Å²) in [5, 5.41) is 7.42. The maximum atomic E-state index is 11.9. The smallest absolute Gasteiger partial charge is 0.280 e. The van der Waals surface area contributed by atoms with Crippen LogP contribution in [0.4, 0.5) is 0 Å². The fourth-order valence-corrected chi connectivity index (χ4v) is 3.17. The number of amides is 1. The highest BCUT2D eigenvalue weighted by Gasteiger charge is 2.11. The van der Waals surface area contributed by atoms with Gasteiger partial charge >= 0.3 is 0 Å². The lowest BCUT2D eigenvalue weighted by atomic mass is 10.3. The molecule has 0 bridgehead atoms. The van der Waals surface area contributed by atoms with E-state index in [1.165, 1.54) is 11.3 Å². The summed E-state index contributed by atoms with van der Waals surface area (Å²) in [6.45, 7) is 0.554. The molecule has 0 fully saturated rings. The molecule has 5 heteroatoms. The summed E-state index contributed by atoms with van der Waals surface area (Å²) in [7, 11) is 0. The Balaban J connectivity index is 1.75. The van der Waals surface area contributed by atoms with E-state index in [-0.39, 0.29) is 5.91 Å². The molecule has 0 aliphatic rings. The van der Waals surface area contributed by atoms with Gasteiger partial charge in [0.25, 0.3) is 5.91 Å². The minimum atomic E-state index is -0.109. The topological polar surface area (TPSA) is 42.0 Å². The zero-order valence-electron chi connectivity index (χ0n) is 9.42. The van der Waals surface area contributed by atoms with Gasteiger partial charge in [-0.3, -0.25) is 4.79 Å².